The second kappa shape index (κ2) is 9.08. The van der Waals surface area contributed by atoms with Gasteiger partial charge in [0.25, 0.3) is 5.56 Å². The molecule has 0 bridgehead atoms. The summed E-state index contributed by atoms with van der Waals surface area (Å²) in [6.07, 6.45) is 5.33. The molecular weight excluding hydrogens is 458 g/mol. The minimum atomic E-state index is -0.166. The van der Waals surface area contributed by atoms with Crippen LogP contribution >= 0.6 is 0 Å². The van der Waals surface area contributed by atoms with Crippen LogP contribution in [0.4, 0.5) is 11.6 Å². The number of rotatable bonds is 6. The van der Waals surface area contributed by atoms with Crippen molar-refractivity contribution in [3.63, 3.8) is 0 Å². The highest BCUT2D eigenvalue weighted by atomic mass is 16.5. The van der Waals surface area contributed by atoms with Crippen LogP contribution in [0.1, 0.15) is 19.8 Å². The van der Waals surface area contributed by atoms with Crippen molar-refractivity contribution in [3.05, 3.63) is 59.3 Å². The van der Waals surface area contributed by atoms with Gasteiger partial charge in [-0.2, -0.15) is 9.97 Å². The Morgan fingerprint density at radius 1 is 1.14 bits per heavy atom. The fourth-order valence-electron chi connectivity index (χ4n) is 4.62. The van der Waals surface area contributed by atoms with E-state index >= 15 is 0 Å². The van der Waals surface area contributed by atoms with Gasteiger partial charge < -0.3 is 19.9 Å². The molecule has 5 aromatic rings. The number of aromatic nitrogens is 7. The zero-order valence-corrected chi connectivity index (χ0v) is 20.2. The number of benzene rings is 1. The zero-order chi connectivity index (χ0) is 24.6. The standard InChI is InChI=1S/C25H27N9O2/c1-3-33-24(35)18-14-27-25(29-16-7-8-20-19(13-16)28-15-32(20)2)31-23(18)34(33)21-5-4-6-22(30-21)36-17-9-11-26-12-10-17/h4-8,13-15,17,26H,3,9-12H2,1-2H3,(H,27,29,31). The molecule has 0 amide bonds. The molecule has 1 aliphatic heterocycles. The lowest BCUT2D eigenvalue weighted by Gasteiger charge is -2.23. The van der Waals surface area contributed by atoms with Gasteiger partial charge in [-0.1, -0.05) is 6.07 Å². The molecule has 0 spiro atoms. The van der Waals surface area contributed by atoms with E-state index in [0.29, 0.717) is 35.2 Å². The number of nitrogens with one attached hydrogen (secondary N) is 2. The zero-order valence-electron chi connectivity index (χ0n) is 20.2. The van der Waals surface area contributed by atoms with E-state index in [-0.39, 0.29) is 11.7 Å². The first-order chi connectivity index (χ1) is 17.6. The Balaban J connectivity index is 1.38. The van der Waals surface area contributed by atoms with Gasteiger partial charge >= 0.3 is 0 Å². The Morgan fingerprint density at radius 2 is 2.00 bits per heavy atom. The number of hydrogen-bond donors (Lipinski definition) is 2. The van der Waals surface area contributed by atoms with Gasteiger partial charge in [0.05, 0.1) is 17.4 Å². The van der Waals surface area contributed by atoms with Crippen molar-refractivity contribution < 1.29 is 4.74 Å². The average Bonchev–Trinajstić information content (AvgIpc) is 3.40. The molecule has 6 rings (SSSR count). The maximum absolute atomic E-state index is 13.1. The molecule has 0 unspecified atom stereocenters. The van der Waals surface area contributed by atoms with Crippen molar-refractivity contribution in [2.75, 3.05) is 18.4 Å². The first kappa shape index (κ1) is 22.2. The number of fused-ring (bicyclic) bond motifs is 2. The predicted octanol–water partition coefficient (Wildman–Crippen LogP) is 2.76. The molecule has 5 heterocycles. The number of nitrogens with zero attached hydrogens (tertiary/aromatic N) is 7. The van der Waals surface area contributed by atoms with Crippen molar-refractivity contribution >= 4 is 33.7 Å². The maximum Gasteiger partial charge on any atom is 0.278 e. The first-order valence-electron chi connectivity index (χ1n) is 12.1. The fraction of sp³-hybridized carbons (Fsp3) is 0.320. The van der Waals surface area contributed by atoms with E-state index in [1.165, 1.54) is 0 Å². The number of hydrogen-bond acceptors (Lipinski definition) is 8. The van der Waals surface area contributed by atoms with Crippen molar-refractivity contribution in [1.29, 1.82) is 0 Å². The van der Waals surface area contributed by atoms with Crippen LogP contribution in [-0.2, 0) is 13.6 Å². The Labute approximate surface area is 206 Å². The van der Waals surface area contributed by atoms with Gasteiger partial charge in [0.1, 0.15) is 11.5 Å². The lowest BCUT2D eigenvalue weighted by Crippen LogP contribution is -2.34. The smallest absolute Gasteiger partial charge is 0.278 e. The summed E-state index contributed by atoms with van der Waals surface area (Å²) in [4.78, 5) is 31.4. The Kier molecular flexibility index (Phi) is 5.61. The van der Waals surface area contributed by atoms with Crippen molar-refractivity contribution in [2.24, 2.45) is 7.05 Å². The highest BCUT2D eigenvalue weighted by molar-refractivity contribution is 5.81. The molecular formula is C25H27N9O2. The fourth-order valence-corrected chi connectivity index (χ4v) is 4.62. The highest BCUT2D eigenvalue weighted by Crippen LogP contribution is 2.23. The lowest BCUT2D eigenvalue weighted by molar-refractivity contribution is 0.156. The van der Waals surface area contributed by atoms with Crippen LogP contribution in [-0.4, -0.2) is 53.1 Å². The molecule has 11 nitrogen and oxygen atoms in total. The molecule has 1 fully saturated rings. The van der Waals surface area contributed by atoms with Crippen LogP contribution in [0.2, 0.25) is 0 Å². The first-order valence-corrected chi connectivity index (χ1v) is 12.1. The summed E-state index contributed by atoms with van der Waals surface area (Å²) >= 11 is 0. The van der Waals surface area contributed by atoms with Gasteiger partial charge in [0, 0.05) is 31.5 Å². The van der Waals surface area contributed by atoms with Crippen LogP contribution < -0.4 is 20.9 Å². The van der Waals surface area contributed by atoms with Crippen LogP contribution in [0, 0.1) is 0 Å². The van der Waals surface area contributed by atoms with E-state index in [0.717, 1.165) is 42.7 Å². The Bertz CT molecular complexity index is 1610. The van der Waals surface area contributed by atoms with Gasteiger partial charge in [-0.25, -0.2) is 19.3 Å². The molecule has 36 heavy (non-hydrogen) atoms. The number of aryl methyl sites for hydroxylation is 1. The minimum Gasteiger partial charge on any atom is -0.474 e. The lowest BCUT2D eigenvalue weighted by atomic mass is 10.1. The third kappa shape index (κ3) is 3.97. The van der Waals surface area contributed by atoms with Gasteiger partial charge in [0.15, 0.2) is 11.5 Å². The van der Waals surface area contributed by atoms with Crippen LogP contribution in [0.15, 0.2) is 53.7 Å². The average molecular weight is 486 g/mol. The number of anilines is 2. The van der Waals surface area contributed by atoms with Crippen LogP contribution in [0.25, 0.3) is 27.9 Å². The number of pyridine rings is 1. The van der Waals surface area contributed by atoms with Crippen LogP contribution in [0.3, 0.4) is 0 Å². The van der Waals surface area contributed by atoms with E-state index in [9.17, 15) is 4.79 Å². The summed E-state index contributed by atoms with van der Waals surface area (Å²) in [5, 5.41) is 7.01. The SMILES string of the molecule is CCn1c(=O)c2cnc(Nc3ccc4c(c3)ncn4C)nc2n1-c1cccc(OC2CCNCC2)n1. The van der Waals surface area contributed by atoms with Gasteiger partial charge in [-0.05, 0) is 57.1 Å². The Morgan fingerprint density at radius 3 is 2.83 bits per heavy atom. The molecule has 0 radical (unpaired) electrons. The summed E-state index contributed by atoms with van der Waals surface area (Å²) in [5.41, 5.74) is 3.01. The molecule has 0 aliphatic carbocycles. The quantitative estimate of drug-likeness (QED) is 0.377. The Hall–Kier alpha value is -4.25. The van der Waals surface area contributed by atoms with E-state index in [4.69, 9.17) is 14.7 Å². The van der Waals surface area contributed by atoms with Crippen LogP contribution in [0.5, 0.6) is 5.88 Å². The molecule has 1 saturated heterocycles. The van der Waals surface area contributed by atoms with E-state index in [1.54, 1.807) is 21.9 Å². The van der Waals surface area contributed by atoms with E-state index < -0.39 is 0 Å². The van der Waals surface area contributed by atoms with E-state index in [2.05, 4.69) is 20.6 Å². The van der Waals surface area contributed by atoms with Crippen molar-refractivity contribution in [2.45, 2.75) is 32.4 Å². The summed E-state index contributed by atoms with van der Waals surface area (Å²) in [6, 6.07) is 11.5. The van der Waals surface area contributed by atoms with Crippen molar-refractivity contribution in [1.82, 2.24) is 39.2 Å². The minimum absolute atomic E-state index is 0.123. The molecule has 0 saturated carbocycles. The largest absolute Gasteiger partial charge is 0.474 e. The highest BCUT2D eigenvalue weighted by Gasteiger charge is 2.19. The molecule has 11 heteroatoms. The second-order valence-corrected chi connectivity index (χ2v) is 8.85. The number of piperidine rings is 1. The molecule has 4 aromatic heterocycles. The van der Waals surface area contributed by atoms with E-state index in [1.807, 2.05) is 54.9 Å². The number of imidazole rings is 1. The predicted molar refractivity (Wildman–Crippen MR) is 137 cm³/mol. The topological polar surface area (TPSA) is 117 Å². The number of ether oxygens (including phenoxy) is 1. The molecule has 0 atom stereocenters. The molecule has 2 N–H and O–H groups in total. The third-order valence-corrected chi connectivity index (χ3v) is 6.46. The summed E-state index contributed by atoms with van der Waals surface area (Å²) in [6.45, 7) is 4.24. The van der Waals surface area contributed by atoms with Gasteiger partial charge in [-0.15, -0.1) is 0 Å². The summed E-state index contributed by atoms with van der Waals surface area (Å²) in [7, 11) is 1.96. The molecule has 1 aliphatic rings. The monoisotopic (exact) mass is 485 g/mol. The van der Waals surface area contributed by atoms with Gasteiger partial charge in [-0.3, -0.25) is 4.79 Å². The third-order valence-electron chi connectivity index (χ3n) is 6.46. The normalized spacial score (nSPS) is 14.5. The summed E-state index contributed by atoms with van der Waals surface area (Å²) in [5.74, 6) is 1.48. The van der Waals surface area contributed by atoms with Crippen molar-refractivity contribution in [3.8, 4) is 11.7 Å². The summed E-state index contributed by atoms with van der Waals surface area (Å²) < 4.78 is 11.5. The maximum atomic E-state index is 13.1. The molecule has 1 aromatic carbocycles. The van der Waals surface area contributed by atoms with Gasteiger partial charge in [0.2, 0.25) is 11.8 Å². The molecule has 184 valence electrons. The second-order valence-electron chi connectivity index (χ2n) is 8.85.